The lowest BCUT2D eigenvalue weighted by Gasteiger charge is -2.45. The van der Waals surface area contributed by atoms with Gasteiger partial charge in [-0.1, -0.05) is 20.8 Å². The molecule has 126 valence electrons. The number of carbonyl (C=O) groups excluding carboxylic acids is 2. The number of ether oxygens (including phenoxy) is 3. The number of hydrogen-bond acceptors (Lipinski definition) is 6. The quantitative estimate of drug-likeness (QED) is 0.674. The number of aliphatic hydroxyl groups is 1. The zero-order chi connectivity index (χ0) is 16.4. The fourth-order valence-electron chi connectivity index (χ4n) is 6.87. The van der Waals surface area contributed by atoms with Crippen molar-refractivity contribution in [1.29, 1.82) is 0 Å². The van der Waals surface area contributed by atoms with Gasteiger partial charge in [-0.2, -0.15) is 0 Å². The standard InChI is InChI=1S/C17H22O6/c1-14(2,3)8-7-9-15-5-4-6-16(15,12(20)21-9)23-13-17(8,15)10(18)11(19)22-13/h8-10,13,18H,4-7H2,1-3H3/t8-,9+,10?,13-,15-,16+,17-/m0/s1. The molecule has 3 aliphatic heterocycles. The molecule has 3 heterocycles. The Morgan fingerprint density at radius 2 is 1.91 bits per heavy atom. The number of carbonyl (C=O) groups is 2. The van der Waals surface area contributed by atoms with Crippen molar-refractivity contribution in [3.63, 3.8) is 0 Å². The lowest BCUT2D eigenvalue weighted by Crippen LogP contribution is -2.57. The van der Waals surface area contributed by atoms with Crippen LogP contribution in [-0.2, 0) is 23.8 Å². The molecule has 5 rings (SSSR count). The van der Waals surface area contributed by atoms with E-state index in [1.807, 2.05) is 0 Å². The lowest BCUT2D eigenvalue weighted by molar-refractivity contribution is -0.196. The van der Waals surface area contributed by atoms with Gasteiger partial charge in [-0.25, -0.2) is 9.59 Å². The Labute approximate surface area is 134 Å². The second kappa shape index (κ2) is 3.59. The minimum atomic E-state index is -1.25. The Balaban J connectivity index is 1.82. The predicted octanol–water partition coefficient (Wildman–Crippen LogP) is 1.15. The van der Waals surface area contributed by atoms with Gasteiger partial charge in [0.05, 0.1) is 10.8 Å². The van der Waals surface area contributed by atoms with Crippen LogP contribution in [0.1, 0.15) is 46.5 Å². The van der Waals surface area contributed by atoms with Crippen LogP contribution in [0.15, 0.2) is 0 Å². The fourth-order valence-corrected chi connectivity index (χ4v) is 6.87. The maximum absolute atomic E-state index is 12.6. The molecule has 0 aromatic rings. The third-order valence-electron chi connectivity index (χ3n) is 7.39. The van der Waals surface area contributed by atoms with Gasteiger partial charge in [0.2, 0.25) is 6.29 Å². The molecule has 1 N–H and O–H groups in total. The number of hydrogen-bond donors (Lipinski definition) is 1. The van der Waals surface area contributed by atoms with E-state index < -0.39 is 34.8 Å². The molecule has 2 aliphatic carbocycles. The molecule has 2 saturated carbocycles. The van der Waals surface area contributed by atoms with E-state index in [-0.39, 0.29) is 23.4 Å². The Morgan fingerprint density at radius 1 is 1.17 bits per heavy atom. The molecule has 7 atom stereocenters. The molecule has 0 aromatic carbocycles. The maximum atomic E-state index is 12.6. The molecule has 3 saturated heterocycles. The van der Waals surface area contributed by atoms with Gasteiger partial charge in [0.1, 0.15) is 6.10 Å². The first-order valence-electron chi connectivity index (χ1n) is 8.49. The van der Waals surface area contributed by atoms with E-state index in [0.717, 1.165) is 12.8 Å². The average Bonchev–Trinajstić information content (AvgIpc) is 3.12. The Bertz CT molecular complexity index is 637. The summed E-state index contributed by atoms with van der Waals surface area (Å²) in [4.78, 5) is 24.9. The second-order valence-corrected chi connectivity index (χ2v) is 8.92. The van der Waals surface area contributed by atoms with Crippen molar-refractivity contribution < 1.29 is 28.9 Å². The molecule has 5 fully saturated rings. The van der Waals surface area contributed by atoms with Crippen molar-refractivity contribution in [3.8, 4) is 0 Å². The number of rotatable bonds is 0. The highest BCUT2D eigenvalue weighted by atomic mass is 16.7. The summed E-state index contributed by atoms with van der Waals surface area (Å²) in [7, 11) is 0. The monoisotopic (exact) mass is 322 g/mol. The van der Waals surface area contributed by atoms with Gasteiger partial charge in [-0.3, -0.25) is 0 Å². The summed E-state index contributed by atoms with van der Waals surface area (Å²) in [6.45, 7) is 6.31. The first-order valence-corrected chi connectivity index (χ1v) is 8.49. The van der Waals surface area contributed by atoms with Crippen molar-refractivity contribution in [1.82, 2.24) is 0 Å². The summed E-state index contributed by atoms with van der Waals surface area (Å²) in [6, 6.07) is 0. The van der Waals surface area contributed by atoms with E-state index in [4.69, 9.17) is 14.2 Å². The van der Waals surface area contributed by atoms with Crippen LogP contribution in [0, 0.1) is 22.2 Å². The topological polar surface area (TPSA) is 82.1 Å². The van der Waals surface area contributed by atoms with Crippen LogP contribution < -0.4 is 0 Å². The molecule has 0 aromatic heterocycles. The van der Waals surface area contributed by atoms with Crippen molar-refractivity contribution >= 4 is 11.9 Å². The van der Waals surface area contributed by atoms with Gasteiger partial charge in [-0.15, -0.1) is 0 Å². The number of esters is 2. The van der Waals surface area contributed by atoms with Crippen molar-refractivity contribution in [2.75, 3.05) is 0 Å². The van der Waals surface area contributed by atoms with Crippen LogP contribution in [0.3, 0.4) is 0 Å². The lowest BCUT2D eigenvalue weighted by atomic mass is 9.53. The summed E-state index contributed by atoms with van der Waals surface area (Å²) in [6.07, 6.45) is 0.434. The molecule has 1 unspecified atom stereocenters. The zero-order valence-corrected chi connectivity index (χ0v) is 13.6. The number of aliphatic hydroxyl groups excluding tert-OH is 1. The van der Waals surface area contributed by atoms with Crippen LogP contribution in [0.5, 0.6) is 0 Å². The molecular formula is C17H22O6. The summed E-state index contributed by atoms with van der Waals surface area (Å²) in [5.74, 6) is -0.969. The molecule has 0 radical (unpaired) electrons. The Morgan fingerprint density at radius 3 is 2.61 bits per heavy atom. The van der Waals surface area contributed by atoms with E-state index in [2.05, 4.69) is 20.8 Å². The van der Waals surface area contributed by atoms with Crippen LogP contribution in [0.4, 0.5) is 0 Å². The third-order valence-corrected chi connectivity index (χ3v) is 7.39. The van der Waals surface area contributed by atoms with E-state index >= 15 is 0 Å². The highest BCUT2D eigenvalue weighted by Crippen LogP contribution is 2.81. The van der Waals surface area contributed by atoms with Crippen LogP contribution in [0.25, 0.3) is 0 Å². The van der Waals surface area contributed by atoms with Gasteiger partial charge in [0.15, 0.2) is 11.7 Å². The summed E-state index contributed by atoms with van der Waals surface area (Å²) in [5.41, 5.74) is -2.72. The minimum Gasteiger partial charge on any atom is -0.459 e. The molecule has 5 aliphatic rings. The molecule has 6 nitrogen and oxygen atoms in total. The highest BCUT2D eigenvalue weighted by Gasteiger charge is 2.93. The summed E-state index contributed by atoms with van der Waals surface area (Å²) in [5, 5.41) is 10.9. The van der Waals surface area contributed by atoms with E-state index in [0.29, 0.717) is 12.8 Å². The highest BCUT2D eigenvalue weighted by molar-refractivity contribution is 5.88. The van der Waals surface area contributed by atoms with Crippen molar-refractivity contribution in [3.05, 3.63) is 0 Å². The first-order chi connectivity index (χ1) is 10.7. The van der Waals surface area contributed by atoms with E-state index in [1.165, 1.54) is 0 Å². The van der Waals surface area contributed by atoms with Crippen molar-refractivity contribution in [2.24, 2.45) is 22.2 Å². The predicted molar refractivity (Wildman–Crippen MR) is 75.9 cm³/mol. The normalized spacial score (nSPS) is 56.3. The summed E-state index contributed by atoms with van der Waals surface area (Å²) >= 11 is 0. The zero-order valence-electron chi connectivity index (χ0n) is 13.6. The van der Waals surface area contributed by atoms with Crippen molar-refractivity contribution in [2.45, 2.75) is 70.6 Å². The van der Waals surface area contributed by atoms with Crippen LogP contribution >= 0.6 is 0 Å². The van der Waals surface area contributed by atoms with Gasteiger partial charge < -0.3 is 19.3 Å². The molecular weight excluding hydrogens is 300 g/mol. The molecule has 0 bridgehead atoms. The SMILES string of the molecule is CC(C)(C)[C@@H]1C[C@H]2OC(=O)[C@]34CCC[C@]23[C@]12C(O)C(=O)O[C@H]2O4. The molecule has 2 spiro atoms. The second-order valence-electron chi connectivity index (χ2n) is 8.92. The van der Waals surface area contributed by atoms with Crippen LogP contribution in [-0.4, -0.2) is 41.1 Å². The van der Waals surface area contributed by atoms with Gasteiger partial charge >= 0.3 is 11.9 Å². The van der Waals surface area contributed by atoms with E-state index in [1.54, 1.807) is 0 Å². The minimum absolute atomic E-state index is 0.0143. The Hall–Kier alpha value is -1.14. The fraction of sp³-hybridized carbons (Fsp3) is 0.882. The molecule has 23 heavy (non-hydrogen) atoms. The molecule has 0 amide bonds. The third kappa shape index (κ3) is 1.11. The average molecular weight is 322 g/mol. The Kier molecular flexibility index (Phi) is 2.22. The van der Waals surface area contributed by atoms with E-state index in [9.17, 15) is 14.7 Å². The molecule has 6 heteroatoms. The smallest absolute Gasteiger partial charge is 0.339 e. The van der Waals surface area contributed by atoms with Gasteiger partial charge in [-0.05, 0) is 37.0 Å². The van der Waals surface area contributed by atoms with Gasteiger partial charge in [0, 0.05) is 0 Å². The van der Waals surface area contributed by atoms with Crippen LogP contribution in [0.2, 0.25) is 0 Å². The summed E-state index contributed by atoms with van der Waals surface area (Å²) < 4.78 is 17.3. The van der Waals surface area contributed by atoms with Gasteiger partial charge in [0.25, 0.3) is 0 Å². The first kappa shape index (κ1) is 14.2. The maximum Gasteiger partial charge on any atom is 0.339 e. The largest absolute Gasteiger partial charge is 0.459 e.